The lowest BCUT2D eigenvalue weighted by molar-refractivity contribution is 0.0588. The normalized spacial score (nSPS) is 10.7. The molecule has 2 aromatic carbocycles. The molecule has 32 heavy (non-hydrogen) atoms. The highest BCUT2D eigenvalue weighted by Crippen LogP contribution is 2.29. The summed E-state index contributed by atoms with van der Waals surface area (Å²) in [5.41, 5.74) is 3.36. The van der Waals surface area contributed by atoms with Crippen molar-refractivity contribution in [1.29, 1.82) is 0 Å². The van der Waals surface area contributed by atoms with Crippen molar-refractivity contribution < 1.29 is 23.4 Å². The smallest absolute Gasteiger partial charge is 0.360 e. The number of aromatic nitrogens is 2. The third kappa shape index (κ3) is 4.67. The summed E-state index contributed by atoms with van der Waals surface area (Å²) in [6.07, 6.45) is 3.87. The van der Waals surface area contributed by atoms with E-state index in [0.717, 1.165) is 27.8 Å². The molecular formula is C25H21FN2O4. The van der Waals surface area contributed by atoms with Crippen LogP contribution in [0, 0.1) is 5.82 Å². The number of rotatable bonds is 7. The monoisotopic (exact) mass is 432 g/mol. The largest absolute Gasteiger partial charge is 0.497 e. The maximum Gasteiger partial charge on any atom is 0.360 e. The Morgan fingerprint density at radius 1 is 0.906 bits per heavy atom. The van der Waals surface area contributed by atoms with Crippen molar-refractivity contribution in [3.8, 4) is 11.5 Å². The van der Waals surface area contributed by atoms with Crippen LogP contribution >= 0.6 is 0 Å². The lowest BCUT2D eigenvalue weighted by atomic mass is 10.0. The van der Waals surface area contributed by atoms with E-state index in [-0.39, 0.29) is 23.9 Å². The molecule has 0 aliphatic rings. The fraction of sp³-hybridized carbons (Fsp3) is 0.160. The fourth-order valence-corrected chi connectivity index (χ4v) is 3.31. The van der Waals surface area contributed by atoms with E-state index in [1.165, 1.54) is 19.2 Å². The lowest BCUT2D eigenvalue weighted by Crippen LogP contribution is -2.09. The third-order valence-corrected chi connectivity index (χ3v) is 4.98. The zero-order valence-electron chi connectivity index (χ0n) is 17.7. The number of hydrogen-bond donors (Lipinski definition) is 0. The van der Waals surface area contributed by atoms with Gasteiger partial charge in [0.1, 0.15) is 23.7 Å². The molecule has 4 aromatic rings. The van der Waals surface area contributed by atoms with Crippen molar-refractivity contribution >= 4 is 16.9 Å². The summed E-state index contributed by atoms with van der Waals surface area (Å²) in [5, 5.41) is 0.724. The molecule has 6 nitrogen and oxygen atoms in total. The number of nitrogens with zero attached hydrogens (tertiary/aromatic N) is 2. The first-order valence-electron chi connectivity index (χ1n) is 9.93. The summed E-state index contributed by atoms with van der Waals surface area (Å²) in [7, 11) is 2.90. The van der Waals surface area contributed by atoms with Gasteiger partial charge in [-0.1, -0.05) is 24.3 Å². The number of hydrogen-bond acceptors (Lipinski definition) is 6. The van der Waals surface area contributed by atoms with Gasteiger partial charge in [0.15, 0.2) is 11.4 Å². The molecule has 162 valence electrons. The average molecular weight is 432 g/mol. The molecule has 0 aliphatic heterocycles. The van der Waals surface area contributed by atoms with Crippen LogP contribution in [-0.2, 0) is 17.8 Å². The molecule has 0 saturated heterocycles. The van der Waals surface area contributed by atoms with Gasteiger partial charge in [0.2, 0.25) is 0 Å². The average Bonchev–Trinajstić information content (AvgIpc) is 2.83. The number of carbonyl (C=O) groups is 1. The molecular weight excluding hydrogens is 411 g/mol. The highest BCUT2D eigenvalue weighted by molar-refractivity contribution is 5.97. The second-order valence-corrected chi connectivity index (χ2v) is 7.15. The van der Waals surface area contributed by atoms with Gasteiger partial charge in [-0.15, -0.1) is 0 Å². The SMILES string of the molecule is COC(=O)c1ncc2cc(Cc3ccc(F)cc3)cnc2c1OCc1ccc(OC)cc1. The van der Waals surface area contributed by atoms with Crippen LogP contribution in [0.4, 0.5) is 4.39 Å². The maximum absolute atomic E-state index is 13.2. The van der Waals surface area contributed by atoms with Gasteiger partial charge in [-0.25, -0.2) is 14.2 Å². The van der Waals surface area contributed by atoms with E-state index in [2.05, 4.69) is 9.97 Å². The molecule has 2 aromatic heterocycles. The highest BCUT2D eigenvalue weighted by Gasteiger charge is 2.20. The van der Waals surface area contributed by atoms with Crippen molar-refractivity contribution in [3.05, 3.63) is 95.2 Å². The van der Waals surface area contributed by atoms with Crippen molar-refractivity contribution in [1.82, 2.24) is 9.97 Å². The molecule has 0 saturated carbocycles. The van der Waals surface area contributed by atoms with Gasteiger partial charge in [-0.3, -0.25) is 4.98 Å². The standard InChI is InChI=1S/C25H21FN2O4/c1-30-21-9-5-17(6-10-21)15-32-24-22-19(14-28-23(24)25(29)31-2)12-18(13-27-22)11-16-3-7-20(26)8-4-16/h3-10,12-14H,11,15H2,1-2H3. The fourth-order valence-electron chi connectivity index (χ4n) is 3.31. The van der Waals surface area contributed by atoms with Crippen LogP contribution < -0.4 is 9.47 Å². The minimum Gasteiger partial charge on any atom is -0.497 e. The Labute approximate surface area is 184 Å². The molecule has 0 bridgehead atoms. The van der Waals surface area contributed by atoms with E-state index in [4.69, 9.17) is 14.2 Å². The number of benzene rings is 2. The second kappa shape index (κ2) is 9.43. The maximum atomic E-state index is 13.2. The van der Waals surface area contributed by atoms with Gasteiger partial charge in [-0.05, 0) is 53.4 Å². The number of esters is 1. The molecule has 2 heterocycles. The van der Waals surface area contributed by atoms with Crippen LogP contribution in [0.3, 0.4) is 0 Å². The summed E-state index contributed by atoms with van der Waals surface area (Å²) >= 11 is 0. The lowest BCUT2D eigenvalue weighted by Gasteiger charge is -2.13. The number of methoxy groups -OCH3 is 2. The predicted octanol–water partition coefficient (Wildman–Crippen LogP) is 4.73. The topological polar surface area (TPSA) is 70.5 Å². The zero-order chi connectivity index (χ0) is 22.5. The van der Waals surface area contributed by atoms with Crippen LogP contribution in [0.25, 0.3) is 10.9 Å². The predicted molar refractivity (Wildman–Crippen MR) is 117 cm³/mol. The second-order valence-electron chi connectivity index (χ2n) is 7.15. The molecule has 0 radical (unpaired) electrons. The van der Waals surface area contributed by atoms with E-state index in [1.807, 2.05) is 30.3 Å². The molecule has 0 unspecified atom stereocenters. The molecule has 0 fully saturated rings. The molecule has 0 aliphatic carbocycles. The molecule has 0 atom stereocenters. The van der Waals surface area contributed by atoms with Gasteiger partial charge in [0, 0.05) is 17.8 Å². The van der Waals surface area contributed by atoms with Gasteiger partial charge in [0.05, 0.1) is 14.2 Å². The van der Waals surface area contributed by atoms with Crippen LogP contribution in [0.15, 0.2) is 67.0 Å². The summed E-state index contributed by atoms with van der Waals surface area (Å²) in [4.78, 5) is 21.1. The van der Waals surface area contributed by atoms with E-state index in [0.29, 0.717) is 11.9 Å². The quantitative estimate of drug-likeness (QED) is 0.393. The first-order valence-corrected chi connectivity index (χ1v) is 9.93. The molecule has 0 amide bonds. The van der Waals surface area contributed by atoms with Crippen LogP contribution in [0.1, 0.15) is 27.2 Å². The van der Waals surface area contributed by atoms with E-state index in [1.54, 1.807) is 31.6 Å². The van der Waals surface area contributed by atoms with Crippen molar-refractivity contribution in [2.45, 2.75) is 13.0 Å². The summed E-state index contributed by atoms with van der Waals surface area (Å²) in [5.74, 6) is 0.127. The summed E-state index contributed by atoms with van der Waals surface area (Å²) in [6, 6.07) is 15.7. The highest BCUT2D eigenvalue weighted by atomic mass is 19.1. The number of carbonyl (C=O) groups excluding carboxylic acids is 1. The van der Waals surface area contributed by atoms with E-state index in [9.17, 15) is 9.18 Å². The summed E-state index contributed by atoms with van der Waals surface area (Å²) in [6.45, 7) is 0.216. The molecule has 0 N–H and O–H groups in total. The zero-order valence-corrected chi connectivity index (χ0v) is 17.7. The first-order chi connectivity index (χ1) is 15.6. The minimum absolute atomic E-state index is 0.0623. The van der Waals surface area contributed by atoms with Crippen LogP contribution in [0.2, 0.25) is 0 Å². The number of ether oxygens (including phenoxy) is 3. The van der Waals surface area contributed by atoms with Gasteiger partial charge < -0.3 is 14.2 Å². The Bertz CT molecular complexity index is 1240. The Morgan fingerprint density at radius 3 is 2.31 bits per heavy atom. The Hall–Kier alpha value is -4.00. The minimum atomic E-state index is -0.603. The van der Waals surface area contributed by atoms with Crippen LogP contribution in [0.5, 0.6) is 11.5 Å². The van der Waals surface area contributed by atoms with Gasteiger partial charge in [0.25, 0.3) is 0 Å². The third-order valence-electron chi connectivity index (χ3n) is 4.98. The van der Waals surface area contributed by atoms with Gasteiger partial charge in [-0.2, -0.15) is 0 Å². The molecule has 7 heteroatoms. The number of halogens is 1. The van der Waals surface area contributed by atoms with E-state index >= 15 is 0 Å². The van der Waals surface area contributed by atoms with Gasteiger partial charge >= 0.3 is 5.97 Å². The first kappa shape index (κ1) is 21.2. The number of pyridine rings is 2. The Morgan fingerprint density at radius 2 is 1.62 bits per heavy atom. The molecule has 0 spiro atoms. The Balaban J connectivity index is 1.65. The van der Waals surface area contributed by atoms with Crippen molar-refractivity contribution in [2.24, 2.45) is 0 Å². The number of fused-ring (bicyclic) bond motifs is 1. The molecule has 4 rings (SSSR count). The van der Waals surface area contributed by atoms with Crippen LogP contribution in [-0.4, -0.2) is 30.2 Å². The Kier molecular flexibility index (Phi) is 6.26. The van der Waals surface area contributed by atoms with E-state index < -0.39 is 5.97 Å². The van der Waals surface area contributed by atoms with Crippen molar-refractivity contribution in [2.75, 3.05) is 14.2 Å². The van der Waals surface area contributed by atoms with Crippen molar-refractivity contribution in [3.63, 3.8) is 0 Å². The summed E-state index contributed by atoms with van der Waals surface area (Å²) < 4.78 is 29.2.